The molecule has 1 amide bonds. The van der Waals surface area contributed by atoms with E-state index in [1.165, 1.54) is 35.0 Å². The Morgan fingerprint density at radius 2 is 1.91 bits per heavy atom. The van der Waals surface area contributed by atoms with Crippen LogP contribution in [0.4, 0.5) is 0 Å². The van der Waals surface area contributed by atoms with E-state index < -0.39 is 0 Å². The highest BCUT2D eigenvalue weighted by Crippen LogP contribution is 2.30. The Labute approximate surface area is 188 Å². The van der Waals surface area contributed by atoms with Gasteiger partial charge in [-0.1, -0.05) is 12.1 Å². The Morgan fingerprint density at radius 3 is 2.69 bits per heavy atom. The van der Waals surface area contributed by atoms with Crippen molar-refractivity contribution in [2.75, 3.05) is 40.0 Å². The first-order valence-corrected chi connectivity index (χ1v) is 11.6. The van der Waals surface area contributed by atoms with Gasteiger partial charge >= 0.3 is 0 Å². The average Bonchev–Trinajstić information content (AvgIpc) is 3.23. The quantitative estimate of drug-likeness (QED) is 0.620. The molecular formula is C26H31N3O3. The number of methoxy groups -OCH3 is 1. The third-order valence-electron chi connectivity index (χ3n) is 6.80. The molecule has 0 spiro atoms. The van der Waals surface area contributed by atoms with E-state index in [4.69, 9.17) is 9.47 Å². The Balaban J connectivity index is 1.34. The summed E-state index contributed by atoms with van der Waals surface area (Å²) in [5.41, 5.74) is 5.77. The lowest BCUT2D eigenvalue weighted by molar-refractivity contribution is 0.0162. The van der Waals surface area contributed by atoms with Crippen molar-refractivity contribution in [1.82, 2.24) is 15.2 Å². The number of morpholine rings is 1. The topological polar surface area (TPSA) is 66.6 Å². The lowest BCUT2D eigenvalue weighted by atomic mass is 9.95. The maximum absolute atomic E-state index is 13.1. The summed E-state index contributed by atoms with van der Waals surface area (Å²) in [4.78, 5) is 19.0. The van der Waals surface area contributed by atoms with Crippen LogP contribution in [0.15, 0.2) is 42.5 Å². The lowest BCUT2D eigenvalue weighted by Crippen LogP contribution is -2.43. The van der Waals surface area contributed by atoms with Crippen LogP contribution in [0, 0.1) is 0 Å². The zero-order chi connectivity index (χ0) is 21.9. The molecule has 2 aliphatic rings. The van der Waals surface area contributed by atoms with Crippen LogP contribution in [0.1, 0.15) is 46.1 Å². The molecule has 5 rings (SSSR count). The fourth-order valence-corrected chi connectivity index (χ4v) is 5.01. The van der Waals surface area contributed by atoms with E-state index in [2.05, 4.69) is 33.4 Å². The fraction of sp³-hybridized carbons (Fsp3) is 0.423. The number of ether oxygens (including phenoxy) is 2. The van der Waals surface area contributed by atoms with Crippen LogP contribution < -0.4 is 10.1 Å². The first-order valence-electron chi connectivity index (χ1n) is 11.6. The minimum atomic E-state index is -0.0237. The van der Waals surface area contributed by atoms with Crippen LogP contribution in [-0.4, -0.2) is 55.7 Å². The van der Waals surface area contributed by atoms with Crippen molar-refractivity contribution in [3.8, 4) is 5.75 Å². The molecule has 3 aromatic rings. The van der Waals surface area contributed by atoms with Gasteiger partial charge in [-0.05, 0) is 67.1 Å². The van der Waals surface area contributed by atoms with Crippen molar-refractivity contribution in [2.45, 2.75) is 31.7 Å². The monoisotopic (exact) mass is 433 g/mol. The van der Waals surface area contributed by atoms with Gasteiger partial charge in [0.2, 0.25) is 0 Å². The van der Waals surface area contributed by atoms with Crippen molar-refractivity contribution in [3.63, 3.8) is 0 Å². The molecule has 1 aromatic heterocycles. The number of rotatable bonds is 6. The molecule has 2 aromatic carbocycles. The van der Waals surface area contributed by atoms with Crippen molar-refractivity contribution in [2.24, 2.45) is 0 Å². The van der Waals surface area contributed by atoms with E-state index in [-0.39, 0.29) is 11.9 Å². The number of carbonyl (C=O) groups excluding carboxylic acids is 1. The molecule has 0 unspecified atom stereocenters. The number of benzene rings is 2. The van der Waals surface area contributed by atoms with Gasteiger partial charge in [-0.15, -0.1) is 0 Å². The van der Waals surface area contributed by atoms with Crippen LogP contribution in [0.5, 0.6) is 5.75 Å². The van der Waals surface area contributed by atoms with Crippen LogP contribution in [0.3, 0.4) is 0 Å². The molecule has 6 heteroatoms. The predicted octanol–water partition coefficient (Wildman–Crippen LogP) is 3.86. The third-order valence-corrected chi connectivity index (χ3v) is 6.80. The van der Waals surface area contributed by atoms with E-state index in [1.807, 2.05) is 24.3 Å². The standard InChI is InChI=1S/C26H31N3O3/c1-31-20-9-6-18(7-10-20)25(29-12-14-32-15-13-29)17-27-26(30)19-8-11-24-22(16-19)21-4-2-3-5-23(21)28-24/h6-11,16,25,28H,2-5,12-15,17H2,1H3,(H,27,30)/t25-/m1/s1. The zero-order valence-electron chi connectivity index (χ0n) is 18.7. The van der Waals surface area contributed by atoms with E-state index in [0.29, 0.717) is 6.54 Å². The summed E-state index contributed by atoms with van der Waals surface area (Å²) >= 11 is 0. The summed E-state index contributed by atoms with van der Waals surface area (Å²) in [6.45, 7) is 3.70. The van der Waals surface area contributed by atoms with Gasteiger partial charge in [0.15, 0.2) is 0 Å². The van der Waals surface area contributed by atoms with Crippen molar-refractivity contribution in [1.29, 1.82) is 0 Å². The number of hydrogen-bond donors (Lipinski definition) is 2. The average molecular weight is 434 g/mol. The number of amides is 1. The second kappa shape index (κ2) is 9.35. The first kappa shape index (κ1) is 21.0. The number of aromatic nitrogens is 1. The molecule has 1 aliphatic heterocycles. The third kappa shape index (κ3) is 4.25. The maximum atomic E-state index is 13.1. The highest BCUT2D eigenvalue weighted by molar-refractivity contribution is 5.99. The molecule has 0 radical (unpaired) electrons. The number of H-pyrrole nitrogens is 1. The molecule has 1 aliphatic carbocycles. The van der Waals surface area contributed by atoms with E-state index in [9.17, 15) is 4.79 Å². The Morgan fingerprint density at radius 1 is 1.12 bits per heavy atom. The van der Waals surface area contributed by atoms with Gasteiger partial charge < -0.3 is 19.8 Å². The van der Waals surface area contributed by atoms with Crippen molar-refractivity contribution < 1.29 is 14.3 Å². The zero-order valence-corrected chi connectivity index (χ0v) is 18.7. The fourth-order valence-electron chi connectivity index (χ4n) is 5.01. The number of nitrogens with one attached hydrogen (secondary N) is 2. The molecule has 6 nitrogen and oxygen atoms in total. The van der Waals surface area contributed by atoms with Gasteiger partial charge in [0.25, 0.3) is 5.91 Å². The molecule has 168 valence electrons. The summed E-state index contributed by atoms with van der Waals surface area (Å²) in [5, 5.41) is 4.40. The number of aryl methyl sites for hydroxylation is 2. The smallest absolute Gasteiger partial charge is 0.251 e. The summed E-state index contributed by atoms with van der Waals surface area (Å²) in [7, 11) is 1.67. The molecule has 2 N–H and O–H groups in total. The van der Waals surface area contributed by atoms with Crippen LogP contribution in [0.2, 0.25) is 0 Å². The molecular weight excluding hydrogens is 402 g/mol. The Hall–Kier alpha value is -2.83. The Kier molecular flexibility index (Phi) is 6.14. The highest BCUT2D eigenvalue weighted by Gasteiger charge is 2.24. The molecule has 32 heavy (non-hydrogen) atoms. The number of nitrogens with zero attached hydrogens (tertiary/aromatic N) is 1. The SMILES string of the molecule is COc1ccc([C@@H](CNC(=O)c2ccc3[nH]c4c(c3c2)CCCC4)N2CCOCC2)cc1. The number of hydrogen-bond acceptors (Lipinski definition) is 4. The van der Waals surface area contributed by atoms with Crippen LogP contribution >= 0.6 is 0 Å². The largest absolute Gasteiger partial charge is 0.497 e. The lowest BCUT2D eigenvalue weighted by Gasteiger charge is -2.35. The van der Waals surface area contributed by atoms with Gasteiger partial charge in [-0.3, -0.25) is 9.69 Å². The molecule has 0 bridgehead atoms. The number of carbonyl (C=O) groups is 1. The van der Waals surface area contributed by atoms with Crippen LogP contribution in [-0.2, 0) is 17.6 Å². The minimum Gasteiger partial charge on any atom is -0.497 e. The summed E-state index contributed by atoms with van der Waals surface area (Å²) < 4.78 is 10.9. The normalized spacial score (nSPS) is 17.7. The Bertz CT molecular complexity index is 1080. The molecule has 1 saturated heterocycles. The first-order chi connectivity index (χ1) is 15.7. The number of aromatic amines is 1. The van der Waals surface area contributed by atoms with E-state index in [1.54, 1.807) is 7.11 Å². The molecule has 1 fully saturated rings. The van der Waals surface area contributed by atoms with Gasteiger partial charge in [0.1, 0.15) is 5.75 Å². The molecule has 2 heterocycles. The highest BCUT2D eigenvalue weighted by atomic mass is 16.5. The van der Waals surface area contributed by atoms with Gasteiger partial charge in [0.05, 0.1) is 26.4 Å². The van der Waals surface area contributed by atoms with E-state index in [0.717, 1.165) is 56.0 Å². The van der Waals surface area contributed by atoms with Crippen molar-refractivity contribution >= 4 is 16.8 Å². The number of fused-ring (bicyclic) bond motifs is 3. The van der Waals surface area contributed by atoms with Crippen LogP contribution in [0.25, 0.3) is 10.9 Å². The van der Waals surface area contributed by atoms with Crippen molar-refractivity contribution in [3.05, 3.63) is 64.8 Å². The molecule has 1 atom stereocenters. The van der Waals surface area contributed by atoms with Gasteiger partial charge in [-0.2, -0.15) is 0 Å². The summed E-state index contributed by atoms with van der Waals surface area (Å²) in [6.07, 6.45) is 4.66. The minimum absolute atomic E-state index is 0.0237. The second-order valence-electron chi connectivity index (χ2n) is 8.70. The summed E-state index contributed by atoms with van der Waals surface area (Å²) in [5.74, 6) is 0.811. The van der Waals surface area contributed by atoms with E-state index >= 15 is 0 Å². The van der Waals surface area contributed by atoms with Gasteiger partial charge in [0, 0.05) is 41.8 Å². The summed E-state index contributed by atoms with van der Waals surface area (Å²) in [6, 6.07) is 14.3. The predicted molar refractivity (Wildman–Crippen MR) is 125 cm³/mol. The van der Waals surface area contributed by atoms with Gasteiger partial charge in [-0.25, -0.2) is 0 Å². The second-order valence-corrected chi connectivity index (χ2v) is 8.70. The molecule has 0 saturated carbocycles. The maximum Gasteiger partial charge on any atom is 0.251 e.